The van der Waals surface area contributed by atoms with Crippen molar-refractivity contribution in [3.8, 4) is 0 Å². The summed E-state index contributed by atoms with van der Waals surface area (Å²) in [6.45, 7) is 4.29. The summed E-state index contributed by atoms with van der Waals surface area (Å²) in [6.07, 6.45) is 6.92. The van der Waals surface area contributed by atoms with Crippen LogP contribution < -0.4 is 0 Å². The lowest BCUT2D eigenvalue weighted by Gasteiger charge is -2.04. The van der Waals surface area contributed by atoms with Crippen molar-refractivity contribution in [1.82, 2.24) is 0 Å². The van der Waals surface area contributed by atoms with Crippen LogP contribution in [0.4, 0.5) is 0 Å². The highest BCUT2D eigenvalue weighted by atomic mass is 16.5. The molecule has 0 aromatic heterocycles. The SMILES string of the molecule is C/C=C/C(C)OC/C=C\C(=O)OC. The molecule has 0 radical (unpaired) electrons. The Morgan fingerprint density at radius 3 is 2.77 bits per heavy atom. The van der Waals surface area contributed by atoms with Crippen molar-refractivity contribution in [2.75, 3.05) is 13.7 Å². The minimum atomic E-state index is -0.359. The lowest BCUT2D eigenvalue weighted by Crippen LogP contribution is -2.04. The summed E-state index contributed by atoms with van der Waals surface area (Å²) in [6, 6.07) is 0. The van der Waals surface area contributed by atoms with Gasteiger partial charge in [-0.25, -0.2) is 4.79 Å². The molecule has 0 aliphatic heterocycles. The molecule has 0 aromatic rings. The minimum Gasteiger partial charge on any atom is -0.466 e. The number of ether oxygens (including phenoxy) is 2. The second-order valence-corrected chi connectivity index (χ2v) is 2.49. The molecular formula is C10H16O3. The molecule has 1 atom stereocenters. The van der Waals surface area contributed by atoms with Gasteiger partial charge in [0.25, 0.3) is 0 Å². The number of allylic oxidation sites excluding steroid dienone is 1. The van der Waals surface area contributed by atoms with Crippen LogP contribution in [0, 0.1) is 0 Å². The molecule has 0 saturated carbocycles. The predicted octanol–water partition coefficient (Wildman–Crippen LogP) is 1.70. The lowest BCUT2D eigenvalue weighted by atomic mass is 10.3. The maximum Gasteiger partial charge on any atom is 0.330 e. The van der Waals surface area contributed by atoms with E-state index in [-0.39, 0.29) is 12.1 Å². The first kappa shape index (κ1) is 11.9. The van der Waals surface area contributed by atoms with Gasteiger partial charge in [0.15, 0.2) is 0 Å². The van der Waals surface area contributed by atoms with E-state index in [9.17, 15) is 4.79 Å². The topological polar surface area (TPSA) is 35.5 Å². The van der Waals surface area contributed by atoms with Crippen LogP contribution in [0.2, 0.25) is 0 Å². The molecule has 0 fully saturated rings. The first-order valence-electron chi connectivity index (χ1n) is 4.19. The van der Waals surface area contributed by atoms with Crippen molar-refractivity contribution in [2.45, 2.75) is 20.0 Å². The van der Waals surface area contributed by atoms with E-state index in [4.69, 9.17) is 4.74 Å². The largest absolute Gasteiger partial charge is 0.466 e. The van der Waals surface area contributed by atoms with Crippen LogP contribution in [0.1, 0.15) is 13.8 Å². The third-order valence-corrected chi connectivity index (χ3v) is 1.37. The van der Waals surface area contributed by atoms with Gasteiger partial charge in [0, 0.05) is 6.08 Å². The van der Waals surface area contributed by atoms with Crippen molar-refractivity contribution in [2.24, 2.45) is 0 Å². The average molecular weight is 184 g/mol. The molecule has 0 amide bonds. The molecule has 3 nitrogen and oxygen atoms in total. The summed E-state index contributed by atoms with van der Waals surface area (Å²) < 4.78 is 9.71. The van der Waals surface area contributed by atoms with Gasteiger partial charge in [-0.2, -0.15) is 0 Å². The average Bonchev–Trinajstić information content (AvgIpc) is 2.12. The number of rotatable bonds is 5. The zero-order valence-corrected chi connectivity index (χ0v) is 8.32. The van der Waals surface area contributed by atoms with Gasteiger partial charge in [-0.1, -0.05) is 18.2 Å². The second kappa shape index (κ2) is 7.55. The normalized spacial score (nSPS) is 13.8. The third-order valence-electron chi connectivity index (χ3n) is 1.37. The molecule has 74 valence electrons. The number of esters is 1. The van der Waals surface area contributed by atoms with Gasteiger partial charge < -0.3 is 9.47 Å². The predicted molar refractivity (Wildman–Crippen MR) is 51.4 cm³/mol. The van der Waals surface area contributed by atoms with E-state index >= 15 is 0 Å². The molecule has 0 aromatic carbocycles. The van der Waals surface area contributed by atoms with E-state index in [1.165, 1.54) is 13.2 Å². The van der Waals surface area contributed by atoms with Crippen LogP contribution in [-0.2, 0) is 14.3 Å². The summed E-state index contributed by atoms with van der Waals surface area (Å²) in [4.78, 5) is 10.6. The molecule has 0 N–H and O–H groups in total. The summed E-state index contributed by atoms with van der Waals surface area (Å²) in [5, 5.41) is 0. The molecule has 0 spiro atoms. The molecule has 3 heteroatoms. The summed E-state index contributed by atoms with van der Waals surface area (Å²) in [7, 11) is 1.34. The Morgan fingerprint density at radius 2 is 2.23 bits per heavy atom. The molecule has 1 unspecified atom stereocenters. The smallest absolute Gasteiger partial charge is 0.330 e. The fourth-order valence-corrected chi connectivity index (χ4v) is 0.746. The van der Waals surface area contributed by atoms with Crippen LogP contribution in [0.25, 0.3) is 0 Å². The highest BCUT2D eigenvalue weighted by Gasteiger charge is 1.93. The highest BCUT2D eigenvalue weighted by molar-refractivity contribution is 5.81. The maximum absolute atomic E-state index is 10.6. The van der Waals surface area contributed by atoms with E-state index in [1.54, 1.807) is 6.08 Å². The van der Waals surface area contributed by atoms with Crippen molar-refractivity contribution < 1.29 is 14.3 Å². The molecule has 0 rings (SSSR count). The fraction of sp³-hybridized carbons (Fsp3) is 0.500. The molecule has 0 heterocycles. The number of hydrogen-bond acceptors (Lipinski definition) is 3. The van der Waals surface area contributed by atoms with E-state index in [0.717, 1.165) is 0 Å². The van der Waals surface area contributed by atoms with Crippen molar-refractivity contribution in [1.29, 1.82) is 0 Å². The molecule has 0 aliphatic carbocycles. The van der Waals surface area contributed by atoms with Crippen LogP contribution in [-0.4, -0.2) is 25.8 Å². The maximum atomic E-state index is 10.6. The van der Waals surface area contributed by atoms with Crippen LogP contribution in [0.15, 0.2) is 24.3 Å². The summed E-state index contributed by atoms with van der Waals surface area (Å²) in [5.41, 5.74) is 0. The summed E-state index contributed by atoms with van der Waals surface area (Å²) in [5.74, 6) is -0.359. The zero-order valence-electron chi connectivity index (χ0n) is 8.32. The van der Waals surface area contributed by atoms with Crippen molar-refractivity contribution in [3.05, 3.63) is 24.3 Å². The number of hydrogen-bond donors (Lipinski definition) is 0. The minimum absolute atomic E-state index is 0.0762. The van der Waals surface area contributed by atoms with Crippen LogP contribution in [0.3, 0.4) is 0 Å². The quantitative estimate of drug-likeness (QED) is 0.370. The van der Waals surface area contributed by atoms with Crippen molar-refractivity contribution in [3.63, 3.8) is 0 Å². The van der Waals surface area contributed by atoms with Crippen LogP contribution in [0.5, 0.6) is 0 Å². The van der Waals surface area contributed by atoms with Crippen molar-refractivity contribution >= 4 is 5.97 Å². The molecular weight excluding hydrogens is 168 g/mol. The first-order valence-corrected chi connectivity index (χ1v) is 4.19. The van der Waals surface area contributed by atoms with E-state index in [2.05, 4.69) is 4.74 Å². The van der Waals surface area contributed by atoms with E-state index in [0.29, 0.717) is 6.61 Å². The van der Waals surface area contributed by atoms with Crippen LogP contribution >= 0.6 is 0 Å². The monoisotopic (exact) mass is 184 g/mol. The van der Waals surface area contributed by atoms with Gasteiger partial charge in [-0.15, -0.1) is 0 Å². The third kappa shape index (κ3) is 7.28. The Kier molecular flexibility index (Phi) is 6.92. The van der Waals surface area contributed by atoms with Gasteiger partial charge in [-0.3, -0.25) is 0 Å². The lowest BCUT2D eigenvalue weighted by molar-refractivity contribution is -0.134. The van der Waals surface area contributed by atoms with E-state index in [1.807, 2.05) is 26.0 Å². The highest BCUT2D eigenvalue weighted by Crippen LogP contribution is 1.92. The van der Waals surface area contributed by atoms with Gasteiger partial charge >= 0.3 is 5.97 Å². The Bertz CT molecular complexity index is 194. The molecule has 0 saturated heterocycles. The summed E-state index contributed by atoms with van der Waals surface area (Å²) >= 11 is 0. The second-order valence-electron chi connectivity index (χ2n) is 2.49. The van der Waals surface area contributed by atoms with Gasteiger partial charge in [0.05, 0.1) is 19.8 Å². The Hall–Kier alpha value is -1.09. The molecule has 0 bridgehead atoms. The van der Waals surface area contributed by atoms with Gasteiger partial charge in [0.1, 0.15) is 0 Å². The molecule has 13 heavy (non-hydrogen) atoms. The Balaban J connectivity index is 3.55. The van der Waals surface area contributed by atoms with Gasteiger partial charge in [-0.05, 0) is 13.8 Å². The van der Waals surface area contributed by atoms with E-state index < -0.39 is 0 Å². The number of methoxy groups -OCH3 is 1. The number of carbonyl (C=O) groups is 1. The fourth-order valence-electron chi connectivity index (χ4n) is 0.746. The molecule has 0 aliphatic rings. The number of carbonyl (C=O) groups excluding carboxylic acids is 1. The Labute approximate surface area is 79.0 Å². The standard InChI is InChI=1S/C10H16O3/c1-4-6-9(2)13-8-5-7-10(11)12-3/h4-7,9H,8H2,1-3H3/b6-4+,7-5-. The zero-order chi connectivity index (χ0) is 10.1. The first-order chi connectivity index (χ1) is 6.20. The van der Waals surface area contributed by atoms with Gasteiger partial charge in [0.2, 0.25) is 0 Å². The Morgan fingerprint density at radius 1 is 1.54 bits per heavy atom.